The fraction of sp³-hybridized carbons (Fsp3) is 0.633. The van der Waals surface area contributed by atoms with E-state index in [1.54, 1.807) is 10.6 Å². The van der Waals surface area contributed by atoms with Gasteiger partial charge in [0.05, 0.1) is 11.0 Å². The number of primary amides is 2. The molecule has 1 aromatic heterocycles. The zero-order valence-corrected chi connectivity index (χ0v) is 23.9. The third kappa shape index (κ3) is 7.08. The molecule has 4 N–H and O–H groups in total. The molecule has 4 rings (SSSR count). The minimum atomic E-state index is -0.969. The van der Waals surface area contributed by atoms with Gasteiger partial charge in [0.25, 0.3) is 17.4 Å². The number of amides is 2. The Morgan fingerprint density at radius 3 is 2.52 bits per heavy atom. The van der Waals surface area contributed by atoms with Gasteiger partial charge in [0.2, 0.25) is 0 Å². The van der Waals surface area contributed by atoms with E-state index in [4.69, 9.17) is 16.3 Å². The number of nitrogens with two attached hydrogens (primary N) is 2. The SMILES string of the molecule is CCC[C@@H]1C[C@H](n2c(=O)c(/C(=N/OCC(N)=O)C(N)=O)nc3ccccc32)CCN1[C@@H]1CCCCCC[C@@H](C)C1. The maximum atomic E-state index is 14.0. The van der Waals surface area contributed by atoms with Crippen molar-refractivity contribution < 1.29 is 14.4 Å². The number of hydrogen-bond acceptors (Lipinski definition) is 7. The lowest BCUT2D eigenvalue weighted by Crippen LogP contribution is -2.50. The number of fused-ring (bicyclic) bond motifs is 1. The van der Waals surface area contributed by atoms with Crippen molar-refractivity contribution in [2.24, 2.45) is 22.5 Å². The number of nitrogens with zero attached hydrogens (tertiary/aromatic N) is 4. The van der Waals surface area contributed by atoms with Crippen molar-refractivity contribution in [3.63, 3.8) is 0 Å². The first-order valence-electron chi connectivity index (χ1n) is 14.9. The van der Waals surface area contributed by atoms with Crippen molar-refractivity contribution in [3.05, 3.63) is 40.3 Å². The highest BCUT2D eigenvalue weighted by Gasteiger charge is 2.35. The number of piperidine rings is 1. The van der Waals surface area contributed by atoms with Crippen LogP contribution in [-0.4, -0.2) is 57.2 Å². The van der Waals surface area contributed by atoms with E-state index in [0.29, 0.717) is 23.1 Å². The van der Waals surface area contributed by atoms with Crippen LogP contribution in [0.15, 0.2) is 34.2 Å². The zero-order valence-electron chi connectivity index (χ0n) is 23.9. The number of hydrogen-bond donors (Lipinski definition) is 2. The van der Waals surface area contributed by atoms with Crippen LogP contribution in [0.5, 0.6) is 0 Å². The Kier molecular flexibility index (Phi) is 10.3. The van der Waals surface area contributed by atoms with Crippen molar-refractivity contribution in [1.82, 2.24) is 14.5 Å². The summed E-state index contributed by atoms with van der Waals surface area (Å²) >= 11 is 0. The zero-order chi connectivity index (χ0) is 28.6. The van der Waals surface area contributed by atoms with Crippen LogP contribution in [0, 0.1) is 5.92 Å². The van der Waals surface area contributed by atoms with Crippen LogP contribution in [-0.2, 0) is 14.4 Å². The standard InChI is InChI=1S/C30H44N6O4/c1-3-10-21-18-23(15-16-35(21)22-12-7-5-4-6-11-20(2)17-22)36-25-14-9-8-13-24(25)33-28(30(36)39)27(29(32)38)34-40-19-26(31)37/h8-9,13-14,20-23H,3-7,10-12,15-19H2,1-2H3,(H2,31,37)(H2,32,38)/b34-27-/t20-,21-,22-,23-/m1/s1. The minimum Gasteiger partial charge on any atom is -0.385 e. The number of oxime groups is 1. The van der Waals surface area contributed by atoms with Crippen LogP contribution in [0.1, 0.15) is 96.2 Å². The van der Waals surface area contributed by atoms with Crippen molar-refractivity contribution in [3.8, 4) is 0 Å². The van der Waals surface area contributed by atoms with Gasteiger partial charge >= 0.3 is 0 Å². The average Bonchev–Trinajstić information content (AvgIpc) is 3.02. The predicted octanol–water partition coefficient (Wildman–Crippen LogP) is 3.64. The fourth-order valence-electron chi connectivity index (χ4n) is 6.64. The first-order valence-corrected chi connectivity index (χ1v) is 14.9. The highest BCUT2D eigenvalue weighted by molar-refractivity contribution is 6.44. The topological polar surface area (TPSA) is 146 Å². The Hall–Kier alpha value is -3.27. The highest BCUT2D eigenvalue weighted by atomic mass is 16.6. The van der Waals surface area contributed by atoms with Crippen molar-refractivity contribution >= 4 is 28.6 Å². The van der Waals surface area contributed by atoms with Crippen LogP contribution in [0.4, 0.5) is 0 Å². The van der Waals surface area contributed by atoms with Gasteiger partial charge in [-0.15, -0.1) is 0 Å². The number of aromatic nitrogens is 2. The van der Waals surface area contributed by atoms with Crippen molar-refractivity contribution in [2.45, 2.75) is 103 Å². The molecule has 2 aromatic rings. The summed E-state index contributed by atoms with van der Waals surface area (Å²) < 4.78 is 1.77. The highest BCUT2D eigenvalue weighted by Crippen LogP contribution is 2.35. The van der Waals surface area contributed by atoms with E-state index >= 15 is 0 Å². The maximum absolute atomic E-state index is 14.0. The van der Waals surface area contributed by atoms with Gasteiger partial charge in [-0.25, -0.2) is 4.98 Å². The molecule has 2 aliphatic rings. The summed E-state index contributed by atoms with van der Waals surface area (Å²) in [5.41, 5.74) is 10.9. The number of carbonyl (C=O) groups excluding carboxylic acids is 2. The molecule has 1 saturated carbocycles. The molecule has 2 amide bonds. The van der Waals surface area contributed by atoms with Gasteiger partial charge in [-0.2, -0.15) is 0 Å². The molecule has 10 heteroatoms. The lowest BCUT2D eigenvalue weighted by atomic mass is 9.88. The molecule has 0 spiro atoms. The lowest BCUT2D eigenvalue weighted by Gasteiger charge is -2.45. The molecule has 0 bridgehead atoms. The summed E-state index contributed by atoms with van der Waals surface area (Å²) in [5, 5.41) is 3.69. The van der Waals surface area contributed by atoms with Crippen LogP contribution in [0.25, 0.3) is 11.0 Å². The van der Waals surface area contributed by atoms with Crippen LogP contribution in [0.3, 0.4) is 0 Å². The van der Waals surface area contributed by atoms with Gasteiger partial charge in [0, 0.05) is 24.7 Å². The fourth-order valence-corrected chi connectivity index (χ4v) is 6.64. The first-order chi connectivity index (χ1) is 19.3. The molecule has 1 aromatic carbocycles. The predicted molar refractivity (Wildman–Crippen MR) is 156 cm³/mol. The normalized spacial score (nSPS) is 25.1. The summed E-state index contributed by atoms with van der Waals surface area (Å²) in [6.07, 6.45) is 12.8. The second kappa shape index (κ2) is 13.9. The van der Waals surface area contributed by atoms with Crippen LogP contribution < -0.4 is 17.0 Å². The Morgan fingerprint density at radius 2 is 1.80 bits per heavy atom. The summed E-state index contributed by atoms with van der Waals surface area (Å²) in [5.74, 6) is -1.01. The molecule has 1 saturated heterocycles. The van der Waals surface area contributed by atoms with Crippen molar-refractivity contribution in [1.29, 1.82) is 0 Å². The quantitative estimate of drug-likeness (QED) is 0.359. The summed E-state index contributed by atoms with van der Waals surface area (Å²) in [6.45, 7) is 5.00. The molecule has 2 fully saturated rings. The second-order valence-corrected chi connectivity index (χ2v) is 11.5. The number of para-hydroxylation sites is 2. The number of likely N-dealkylation sites (tertiary alicyclic amines) is 1. The van der Waals surface area contributed by atoms with E-state index < -0.39 is 29.7 Å². The van der Waals surface area contributed by atoms with Gasteiger partial charge in [0.1, 0.15) is 0 Å². The summed E-state index contributed by atoms with van der Waals surface area (Å²) in [7, 11) is 0. The van der Waals surface area contributed by atoms with Gasteiger partial charge in [-0.05, 0) is 50.2 Å². The van der Waals surface area contributed by atoms with E-state index in [2.05, 4.69) is 28.9 Å². The maximum Gasteiger partial charge on any atom is 0.279 e. The molecular formula is C30H44N6O4. The Morgan fingerprint density at radius 1 is 1.05 bits per heavy atom. The Labute approximate surface area is 236 Å². The Bertz CT molecular complexity index is 1270. The summed E-state index contributed by atoms with van der Waals surface area (Å²) in [4.78, 5) is 49.5. The molecule has 0 radical (unpaired) electrons. The monoisotopic (exact) mass is 552 g/mol. The molecule has 4 atom stereocenters. The molecule has 10 nitrogen and oxygen atoms in total. The first kappa shape index (κ1) is 29.7. The molecule has 40 heavy (non-hydrogen) atoms. The van der Waals surface area contributed by atoms with Crippen molar-refractivity contribution in [2.75, 3.05) is 13.2 Å². The third-order valence-electron chi connectivity index (χ3n) is 8.46. The summed E-state index contributed by atoms with van der Waals surface area (Å²) in [6, 6.07) is 8.28. The molecule has 218 valence electrons. The van der Waals surface area contributed by atoms with E-state index in [1.165, 1.54) is 44.9 Å². The lowest BCUT2D eigenvalue weighted by molar-refractivity contribution is -0.122. The Balaban J connectivity index is 1.70. The molecular weight excluding hydrogens is 508 g/mol. The van der Waals surface area contributed by atoms with E-state index in [9.17, 15) is 14.4 Å². The number of benzene rings is 1. The van der Waals surface area contributed by atoms with Crippen LogP contribution >= 0.6 is 0 Å². The van der Waals surface area contributed by atoms with Gasteiger partial charge in [-0.1, -0.05) is 69.7 Å². The van der Waals surface area contributed by atoms with E-state index in [-0.39, 0.29) is 11.7 Å². The molecule has 1 aliphatic carbocycles. The minimum absolute atomic E-state index is 0.0682. The van der Waals surface area contributed by atoms with Gasteiger partial charge in [-0.3, -0.25) is 19.3 Å². The molecule has 1 aliphatic heterocycles. The van der Waals surface area contributed by atoms with Gasteiger partial charge in [0.15, 0.2) is 18.0 Å². The number of rotatable bonds is 9. The largest absolute Gasteiger partial charge is 0.385 e. The number of carbonyl (C=O) groups is 2. The average molecular weight is 553 g/mol. The van der Waals surface area contributed by atoms with Crippen LogP contribution in [0.2, 0.25) is 0 Å². The second-order valence-electron chi connectivity index (χ2n) is 11.5. The molecule has 2 heterocycles. The van der Waals surface area contributed by atoms with Gasteiger partial charge < -0.3 is 20.9 Å². The third-order valence-corrected chi connectivity index (χ3v) is 8.46. The van der Waals surface area contributed by atoms with E-state index in [1.807, 2.05) is 18.2 Å². The van der Waals surface area contributed by atoms with E-state index in [0.717, 1.165) is 38.1 Å². The smallest absolute Gasteiger partial charge is 0.279 e. The molecule has 0 unspecified atom stereocenters.